The molecule has 0 heterocycles. The number of unbranched alkanes of at least 4 members (excludes halogenated alkanes) is 1. The number of hydrogen-bond acceptors (Lipinski definition) is 2. The fourth-order valence-electron chi connectivity index (χ4n) is 1.53. The summed E-state index contributed by atoms with van der Waals surface area (Å²) in [7, 11) is 2.24. The predicted molar refractivity (Wildman–Crippen MR) is 53.2 cm³/mol. The van der Waals surface area contributed by atoms with Gasteiger partial charge in [-0.25, -0.2) is 0 Å². The Morgan fingerprint density at radius 3 is 2.58 bits per heavy atom. The number of rotatable bonds is 6. The molecule has 0 aromatic heterocycles. The van der Waals surface area contributed by atoms with E-state index in [0.29, 0.717) is 6.04 Å². The van der Waals surface area contributed by atoms with E-state index in [1.54, 1.807) is 0 Å². The lowest BCUT2D eigenvalue weighted by atomic mass is 10.1. The van der Waals surface area contributed by atoms with Gasteiger partial charge in [-0.3, -0.25) is 0 Å². The van der Waals surface area contributed by atoms with Crippen molar-refractivity contribution in [3.63, 3.8) is 0 Å². The van der Waals surface area contributed by atoms with Crippen LogP contribution in [0, 0.1) is 0 Å². The number of nitrogens with zero attached hydrogens (tertiary/aromatic N) is 1. The van der Waals surface area contributed by atoms with Crippen molar-refractivity contribution in [3.8, 4) is 0 Å². The second-order valence-corrected chi connectivity index (χ2v) is 4.18. The zero-order valence-corrected chi connectivity index (χ0v) is 8.42. The van der Waals surface area contributed by atoms with Crippen LogP contribution in [0.3, 0.4) is 0 Å². The van der Waals surface area contributed by atoms with Gasteiger partial charge in [-0.2, -0.15) is 0 Å². The second-order valence-electron chi connectivity index (χ2n) is 4.18. The zero-order valence-electron chi connectivity index (χ0n) is 8.42. The van der Waals surface area contributed by atoms with E-state index in [2.05, 4.69) is 18.9 Å². The Labute approximate surface area is 76.1 Å². The van der Waals surface area contributed by atoms with Gasteiger partial charge in [0.25, 0.3) is 0 Å². The minimum atomic E-state index is 0.385. The van der Waals surface area contributed by atoms with Gasteiger partial charge in [0.2, 0.25) is 0 Å². The highest BCUT2D eigenvalue weighted by atomic mass is 15.1. The lowest BCUT2D eigenvalue weighted by molar-refractivity contribution is 0.313. The molecule has 1 fully saturated rings. The quantitative estimate of drug-likeness (QED) is 0.613. The van der Waals surface area contributed by atoms with Crippen molar-refractivity contribution in [1.29, 1.82) is 0 Å². The summed E-state index contributed by atoms with van der Waals surface area (Å²) in [5.41, 5.74) is 5.67. The topological polar surface area (TPSA) is 29.3 Å². The highest BCUT2D eigenvalue weighted by Gasteiger charge is 2.25. The average molecular weight is 170 g/mol. The lowest BCUT2D eigenvalue weighted by Gasteiger charge is -2.15. The Morgan fingerprint density at radius 1 is 1.42 bits per heavy atom. The molecular formula is C10H22N2. The van der Waals surface area contributed by atoms with Crippen molar-refractivity contribution in [2.45, 2.75) is 51.1 Å². The Morgan fingerprint density at radius 2 is 2.08 bits per heavy atom. The zero-order chi connectivity index (χ0) is 8.97. The van der Waals surface area contributed by atoms with Crippen LogP contribution < -0.4 is 5.73 Å². The Hall–Kier alpha value is -0.0800. The molecule has 1 unspecified atom stereocenters. The molecular weight excluding hydrogens is 148 g/mol. The molecule has 1 atom stereocenters. The van der Waals surface area contributed by atoms with E-state index in [0.717, 1.165) is 6.04 Å². The van der Waals surface area contributed by atoms with Crippen LogP contribution in [0.25, 0.3) is 0 Å². The molecule has 0 aromatic carbocycles. The van der Waals surface area contributed by atoms with E-state index in [1.165, 1.54) is 38.6 Å². The van der Waals surface area contributed by atoms with Crippen molar-refractivity contribution >= 4 is 0 Å². The summed E-state index contributed by atoms with van der Waals surface area (Å²) in [5, 5.41) is 0. The van der Waals surface area contributed by atoms with E-state index in [1.807, 2.05) is 0 Å². The van der Waals surface area contributed by atoms with Crippen molar-refractivity contribution in [2.75, 3.05) is 13.6 Å². The summed E-state index contributed by atoms with van der Waals surface area (Å²) < 4.78 is 0. The van der Waals surface area contributed by atoms with Crippen LogP contribution in [-0.4, -0.2) is 30.6 Å². The first-order valence-corrected chi connectivity index (χ1v) is 5.16. The molecule has 0 amide bonds. The van der Waals surface area contributed by atoms with Crippen LogP contribution in [0.15, 0.2) is 0 Å². The molecule has 0 radical (unpaired) electrons. The van der Waals surface area contributed by atoms with Gasteiger partial charge in [0.1, 0.15) is 0 Å². The molecule has 12 heavy (non-hydrogen) atoms. The Balaban J connectivity index is 1.87. The van der Waals surface area contributed by atoms with Crippen LogP contribution in [0.5, 0.6) is 0 Å². The average Bonchev–Trinajstić information content (AvgIpc) is 2.79. The fourth-order valence-corrected chi connectivity index (χ4v) is 1.53. The van der Waals surface area contributed by atoms with Crippen LogP contribution in [0.2, 0.25) is 0 Å². The maximum Gasteiger partial charge on any atom is 0.00933 e. The molecule has 2 N–H and O–H groups in total. The standard InChI is InChI=1S/C10H22N2/c1-9(11)5-3-4-8-12(2)10-6-7-10/h9-10H,3-8,11H2,1-2H3. The largest absolute Gasteiger partial charge is 0.328 e. The first kappa shape index (κ1) is 10.0. The van der Waals surface area contributed by atoms with E-state index in [4.69, 9.17) is 5.73 Å². The van der Waals surface area contributed by atoms with E-state index < -0.39 is 0 Å². The van der Waals surface area contributed by atoms with Gasteiger partial charge < -0.3 is 10.6 Å². The van der Waals surface area contributed by atoms with E-state index in [-0.39, 0.29) is 0 Å². The molecule has 0 bridgehead atoms. The van der Waals surface area contributed by atoms with Gasteiger partial charge in [-0.05, 0) is 46.2 Å². The van der Waals surface area contributed by atoms with Crippen LogP contribution >= 0.6 is 0 Å². The molecule has 0 spiro atoms. The SMILES string of the molecule is CC(N)CCCCN(C)C1CC1. The molecule has 2 heteroatoms. The third-order valence-electron chi connectivity index (χ3n) is 2.59. The minimum Gasteiger partial charge on any atom is -0.328 e. The first-order valence-electron chi connectivity index (χ1n) is 5.16. The molecule has 0 aliphatic heterocycles. The molecule has 1 saturated carbocycles. The van der Waals surface area contributed by atoms with Crippen LogP contribution in [0.4, 0.5) is 0 Å². The second kappa shape index (κ2) is 4.83. The highest BCUT2D eigenvalue weighted by molar-refractivity contribution is 4.82. The highest BCUT2D eigenvalue weighted by Crippen LogP contribution is 2.25. The summed E-state index contributed by atoms with van der Waals surface area (Å²) >= 11 is 0. The van der Waals surface area contributed by atoms with Crippen LogP contribution in [-0.2, 0) is 0 Å². The van der Waals surface area contributed by atoms with Gasteiger partial charge in [-0.1, -0.05) is 6.42 Å². The van der Waals surface area contributed by atoms with Crippen molar-refractivity contribution < 1.29 is 0 Å². The van der Waals surface area contributed by atoms with Gasteiger partial charge in [0.15, 0.2) is 0 Å². The molecule has 1 aliphatic carbocycles. The maximum absolute atomic E-state index is 5.67. The molecule has 72 valence electrons. The van der Waals surface area contributed by atoms with Gasteiger partial charge >= 0.3 is 0 Å². The monoisotopic (exact) mass is 170 g/mol. The first-order chi connectivity index (χ1) is 5.70. The predicted octanol–water partition coefficient (Wildman–Crippen LogP) is 1.60. The van der Waals surface area contributed by atoms with Crippen molar-refractivity contribution in [1.82, 2.24) is 4.90 Å². The van der Waals surface area contributed by atoms with E-state index in [9.17, 15) is 0 Å². The molecule has 1 rings (SSSR count). The Kier molecular flexibility index (Phi) is 4.02. The lowest BCUT2D eigenvalue weighted by Crippen LogP contribution is -2.22. The van der Waals surface area contributed by atoms with Gasteiger partial charge in [0, 0.05) is 12.1 Å². The molecule has 2 nitrogen and oxygen atoms in total. The fraction of sp³-hybridized carbons (Fsp3) is 1.00. The summed E-state index contributed by atoms with van der Waals surface area (Å²) in [6.45, 7) is 3.35. The van der Waals surface area contributed by atoms with Crippen LogP contribution in [0.1, 0.15) is 39.0 Å². The molecule has 0 aromatic rings. The summed E-state index contributed by atoms with van der Waals surface area (Å²) in [6.07, 6.45) is 6.62. The number of hydrogen-bond donors (Lipinski definition) is 1. The maximum atomic E-state index is 5.67. The van der Waals surface area contributed by atoms with Crippen molar-refractivity contribution in [2.24, 2.45) is 5.73 Å². The third kappa shape index (κ3) is 4.07. The van der Waals surface area contributed by atoms with Crippen molar-refractivity contribution in [3.05, 3.63) is 0 Å². The van der Waals surface area contributed by atoms with Gasteiger partial charge in [0.05, 0.1) is 0 Å². The molecule has 0 saturated heterocycles. The normalized spacial score (nSPS) is 20.0. The summed E-state index contributed by atoms with van der Waals surface area (Å²) in [5.74, 6) is 0. The minimum absolute atomic E-state index is 0.385. The smallest absolute Gasteiger partial charge is 0.00933 e. The van der Waals surface area contributed by atoms with Gasteiger partial charge in [-0.15, -0.1) is 0 Å². The summed E-state index contributed by atoms with van der Waals surface area (Å²) in [4.78, 5) is 2.49. The van der Waals surface area contributed by atoms with E-state index >= 15 is 0 Å². The number of nitrogens with two attached hydrogens (primary N) is 1. The third-order valence-corrected chi connectivity index (χ3v) is 2.59. The summed E-state index contributed by atoms with van der Waals surface area (Å²) in [6, 6.07) is 1.30. The Bertz CT molecular complexity index is 119. The molecule has 1 aliphatic rings.